The van der Waals surface area contributed by atoms with Gasteiger partial charge >= 0.3 is 0 Å². The zero-order valence-corrected chi connectivity index (χ0v) is 18.0. The number of carbonyl (C=O) groups excluding carboxylic acids is 1. The van der Waals surface area contributed by atoms with E-state index < -0.39 is 0 Å². The first kappa shape index (κ1) is 20.5. The van der Waals surface area contributed by atoms with E-state index in [9.17, 15) is 14.0 Å². The van der Waals surface area contributed by atoms with E-state index in [2.05, 4.69) is 16.8 Å². The second-order valence-corrected chi connectivity index (χ2v) is 8.59. The summed E-state index contributed by atoms with van der Waals surface area (Å²) in [6.45, 7) is 7.10. The predicted molar refractivity (Wildman–Crippen MR) is 118 cm³/mol. The highest BCUT2D eigenvalue weighted by Gasteiger charge is 2.26. The van der Waals surface area contributed by atoms with Crippen molar-refractivity contribution < 1.29 is 9.18 Å². The van der Waals surface area contributed by atoms with Gasteiger partial charge in [-0.15, -0.1) is 11.3 Å². The summed E-state index contributed by atoms with van der Waals surface area (Å²) in [7, 11) is 0. The highest BCUT2D eigenvalue weighted by molar-refractivity contribution is 7.20. The molecule has 6 nitrogen and oxygen atoms in total. The molecule has 158 valence electrons. The van der Waals surface area contributed by atoms with Crippen molar-refractivity contribution in [3.05, 3.63) is 57.2 Å². The third-order valence-corrected chi connectivity index (χ3v) is 6.81. The average Bonchev–Trinajstić information content (AvgIpc) is 3.10. The number of hydrogen-bond acceptors (Lipinski definition) is 5. The summed E-state index contributed by atoms with van der Waals surface area (Å²) in [6.07, 6.45) is 3.51. The van der Waals surface area contributed by atoms with Crippen LogP contribution in [0, 0.1) is 12.7 Å². The monoisotopic (exact) mass is 428 g/mol. The number of nitrogens with zero attached hydrogens (tertiary/aromatic N) is 4. The lowest BCUT2D eigenvalue weighted by Gasteiger charge is -2.36. The van der Waals surface area contributed by atoms with Crippen LogP contribution in [-0.4, -0.2) is 46.5 Å². The molecule has 0 saturated carbocycles. The first-order valence-corrected chi connectivity index (χ1v) is 11.1. The summed E-state index contributed by atoms with van der Waals surface area (Å²) in [5, 5.41) is 0.562. The Morgan fingerprint density at radius 3 is 2.53 bits per heavy atom. The quantitative estimate of drug-likeness (QED) is 0.622. The number of anilines is 1. The largest absolute Gasteiger partial charge is 0.368 e. The molecule has 0 radical (unpaired) electrons. The maximum absolute atomic E-state index is 13.2. The number of halogens is 1. The molecule has 0 spiro atoms. The molecule has 1 aromatic carbocycles. The zero-order valence-electron chi connectivity index (χ0n) is 17.2. The van der Waals surface area contributed by atoms with Crippen molar-refractivity contribution in [3.63, 3.8) is 0 Å². The van der Waals surface area contributed by atoms with E-state index in [-0.39, 0.29) is 17.3 Å². The fourth-order valence-electron chi connectivity index (χ4n) is 3.81. The van der Waals surface area contributed by atoms with Crippen LogP contribution in [0.5, 0.6) is 0 Å². The fourth-order valence-corrected chi connectivity index (χ4v) is 4.92. The van der Waals surface area contributed by atoms with Crippen LogP contribution >= 0.6 is 11.3 Å². The van der Waals surface area contributed by atoms with E-state index in [0.717, 1.165) is 24.1 Å². The number of unbranched alkanes of at least 4 members (excludes halogenated alkanes) is 1. The van der Waals surface area contributed by atoms with Gasteiger partial charge in [0.2, 0.25) is 0 Å². The molecule has 1 aliphatic rings. The molecule has 0 N–H and O–H groups in total. The summed E-state index contributed by atoms with van der Waals surface area (Å²) in [6, 6.07) is 6.43. The Labute approximate surface area is 178 Å². The summed E-state index contributed by atoms with van der Waals surface area (Å²) in [5.41, 5.74) is 1.62. The van der Waals surface area contributed by atoms with Gasteiger partial charge in [0.05, 0.1) is 16.6 Å². The molecule has 2 aromatic heterocycles. The molecule has 1 aliphatic heterocycles. The molecule has 0 aliphatic carbocycles. The summed E-state index contributed by atoms with van der Waals surface area (Å²) in [4.78, 5) is 35.7. The molecule has 0 bridgehead atoms. The second kappa shape index (κ2) is 8.55. The zero-order chi connectivity index (χ0) is 21.3. The Bertz CT molecular complexity index is 1110. The molecule has 3 heterocycles. The molecular formula is C22H25FN4O2S. The number of aromatic nitrogens is 2. The lowest BCUT2D eigenvalue weighted by Crippen LogP contribution is -2.48. The van der Waals surface area contributed by atoms with Crippen molar-refractivity contribution in [1.82, 2.24) is 14.5 Å². The van der Waals surface area contributed by atoms with Crippen LogP contribution in [0.15, 0.2) is 35.4 Å². The highest BCUT2D eigenvalue weighted by atomic mass is 32.1. The highest BCUT2D eigenvalue weighted by Crippen LogP contribution is 2.28. The number of carbonyl (C=O) groups is 1. The molecule has 4 rings (SSSR count). The van der Waals surface area contributed by atoms with Gasteiger partial charge in [-0.3, -0.25) is 14.2 Å². The van der Waals surface area contributed by atoms with E-state index in [1.807, 2.05) is 11.8 Å². The number of piperazine rings is 1. The minimum atomic E-state index is -0.254. The third-order valence-electron chi connectivity index (χ3n) is 5.62. The van der Waals surface area contributed by atoms with Crippen LogP contribution in [-0.2, 0) is 6.54 Å². The maximum atomic E-state index is 13.2. The minimum Gasteiger partial charge on any atom is -0.368 e. The fraction of sp³-hybridized carbons (Fsp3) is 0.409. The van der Waals surface area contributed by atoms with Crippen LogP contribution in [0.4, 0.5) is 10.1 Å². The van der Waals surface area contributed by atoms with E-state index in [0.29, 0.717) is 47.8 Å². The average molecular weight is 429 g/mol. The van der Waals surface area contributed by atoms with E-state index in [1.54, 1.807) is 23.0 Å². The Morgan fingerprint density at radius 2 is 1.87 bits per heavy atom. The Morgan fingerprint density at radius 1 is 1.17 bits per heavy atom. The maximum Gasteiger partial charge on any atom is 0.264 e. The molecule has 1 fully saturated rings. The van der Waals surface area contributed by atoms with Gasteiger partial charge in [0.15, 0.2) is 0 Å². The first-order chi connectivity index (χ1) is 14.5. The lowest BCUT2D eigenvalue weighted by molar-refractivity contribution is 0.0751. The number of amides is 1. The summed E-state index contributed by atoms with van der Waals surface area (Å²) < 4.78 is 14.8. The topological polar surface area (TPSA) is 58.4 Å². The summed E-state index contributed by atoms with van der Waals surface area (Å²) in [5.74, 6) is -0.302. The van der Waals surface area contributed by atoms with Gasteiger partial charge in [-0.2, -0.15) is 0 Å². The van der Waals surface area contributed by atoms with Crippen LogP contribution in [0.1, 0.15) is 35.0 Å². The SMILES string of the molecule is CCCCn1cnc2sc(C(=O)N3CCN(c4ccc(F)cc4)CC3)c(C)c2c1=O. The third kappa shape index (κ3) is 3.84. The van der Waals surface area contributed by atoms with Gasteiger partial charge in [0.25, 0.3) is 11.5 Å². The van der Waals surface area contributed by atoms with E-state index in [1.165, 1.54) is 23.5 Å². The van der Waals surface area contributed by atoms with Crippen molar-refractivity contribution in [1.29, 1.82) is 0 Å². The standard InChI is InChI=1S/C22H25FN4O2S/c1-3-4-9-27-14-24-20-18(21(27)28)15(2)19(30-20)22(29)26-12-10-25(11-13-26)17-7-5-16(23)6-8-17/h5-8,14H,3-4,9-13H2,1-2H3. The van der Waals surface area contributed by atoms with Gasteiger partial charge in [-0.25, -0.2) is 9.37 Å². The van der Waals surface area contributed by atoms with E-state index in [4.69, 9.17) is 0 Å². The predicted octanol–water partition coefficient (Wildman–Crippen LogP) is 3.67. The van der Waals surface area contributed by atoms with Crippen LogP contribution in [0.25, 0.3) is 10.2 Å². The Hall–Kier alpha value is -2.74. The smallest absolute Gasteiger partial charge is 0.264 e. The molecule has 8 heteroatoms. The normalized spacial score (nSPS) is 14.5. The van der Waals surface area contributed by atoms with Gasteiger partial charge in [0, 0.05) is 38.4 Å². The van der Waals surface area contributed by atoms with Gasteiger partial charge in [0.1, 0.15) is 10.6 Å². The van der Waals surface area contributed by atoms with Crippen LogP contribution in [0.2, 0.25) is 0 Å². The number of hydrogen-bond donors (Lipinski definition) is 0. The number of fused-ring (bicyclic) bond motifs is 1. The van der Waals surface area contributed by atoms with Crippen molar-refractivity contribution in [2.45, 2.75) is 33.2 Å². The molecular weight excluding hydrogens is 403 g/mol. The van der Waals surface area contributed by atoms with Crippen molar-refractivity contribution in [3.8, 4) is 0 Å². The van der Waals surface area contributed by atoms with Crippen molar-refractivity contribution in [2.24, 2.45) is 0 Å². The second-order valence-electron chi connectivity index (χ2n) is 7.59. The number of rotatable bonds is 5. The molecule has 0 unspecified atom stereocenters. The van der Waals surface area contributed by atoms with Crippen LogP contribution in [0.3, 0.4) is 0 Å². The molecule has 1 saturated heterocycles. The van der Waals surface area contributed by atoms with Crippen molar-refractivity contribution >= 4 is 33.1 Å². The van der Waals surface area contributed by atoms with Crippen molar-refractivity contribution in [2.75, 3.05) is 31.1 Å². The molecule has 1 amide bonds. The molecule has 3 aromatic rings. The first-order valence-electron chi connectivity index (χ1n) is 10.3. The number of thiophene rings is 1. The minimum absolute atomic E-state index is 0.0474. The van der Waals surface area contributed by atoms with Gasteiger partial charge < -0.3 is 9.80 Å². The van der Waals surface area contributed by atoms with Crippen LogP contribution < -0.4 is 10.5 Å². The summed E-state index contributed by atoms with van der Waals surface area (Å²) >= 11 is 1.30. The number of benzene rings is 1. The van der Waals surface area contributed by atoms with Gasteiger partial charge in [-0.05, 0) is 43.2 Å². The van der Waals surface area contributed by atoms with E-state index >= 15 is 0 Å². The molecule has 0 atom stereocenters. The lowest BCUT2D eigenvalue weighted by atomic mass is 10.2. The number of aryl methyl sites for hydroxylation is 2. The van der Waals surface area contributed by atoms with Gasteiger partial charge in [-0.1, -0.05) is 13.3 Å². The Balaban J connectivity index is 1.52. The molecule has 30 heavy (non-hydrogen) atoms. The Kier molecular flexibility index (Phi) is 5.85.